The molecule has 1 aliphatic heterocycles. The summed E-state index contributed by atoms with van der Waals surface area (Å²) >= 11 is 0. The molecule has 6 heteroatoms. The van der Waals surface area contributed by atoms with Crippen LogP contribution >= 0.6 is 0 Å². The monoisotopic (exact) mass is 407 g/mol. The minimum Gasteiger partial charge on any atom is -0.244 e. The lowest BCUT2D eigenvalue weighted by Gasteiger charge is -2.37. The third-order valence-corrected chi connectivity index (χ3v) is 8.14. The third-order valence-electron chi connectivity index (χ3n) is 6.41. The maximum absolute atomic E-state index is 13.1. The molecule has 1 fully saturated rings. The second-order valence-corrected chi connectivity index (χ2v) is 9.87. The Bertz CT molecular complexity index is 1060. The van der Waals surface area contributed by atoms with Gasteiger partial charge in [-0.2, -0.15) is 12.7 Å². The van der Waals surface area contributed by atoms with Gasteiger partial charge in [0.1, 0.15) is 6.33 Å². The molecule has 2 heterocycles. The highest BCUT2D eigenvalue weighted by molar-refractivity contribution is 7.87. The molecule has 5 nitrogen and oxygen atoms in total. The minimum absolute atomic E-state index is 0.227. The van der Waals surface area contributed by atoms with E-state index in [1.165, 1.54) is 44.9 Å². The maximum atomic E-state index is 13.1. The van der Waals surface area contributed by atoms with E-state index in [9.17, 15) is 8.42 Å². The largest absolute Gasteiger partial charge is 0.308 e. The average molecular weight is 408 g/mol. The molecular formula is C23H25N3O2S. The molecule has 3 aromatic rings. The molecule has 2 aliphatic rings. The Morgan fingerprint density at radius 2 is 1.59 bits per heavy atom. The number of aromatic nitrogens is 2. The number of piperidine rings is 1. The second-order valence-electron chi connectivity index (χ2n) is 8.04. The van der Waals surface area contributed by atoms with Crippen LogP contribution in [0.1, 0.15) is 41.0 Å². The van der Waals surface area contributed by atoms with Gasteiger partial charge in [-0.05, 0) is 53.9 Å². The van der Waals surface area contributed by atoms with Gasteiger partial charge in [-0.25, -0.2) is 8.96 Å². The van der Waals surface area contributed by atoms with Gasteiger partial charge in [0.25, 0.3) is 0 Å². The summed E-state index contributed by atoms with van der Waals surface area (Å²) in [6.45, 7) is 1.10. The van der Waals surface area contributed by atoms with Gasteiger partial charge in [0.05, 0.1) is 0 Å². The first-order valence-electron chi connectivity index (χ1n) is 10.3. The molecule has 0 N–H and O–H groups in total. The first kappa shape index (κ1) is 18.6. The van der Waals surface area contributed by atoms with Gasteiger partial charge in [0.2, 0.25) is 0 Å². The van der Waals surface area contributed by atoms with Gasteiger partial charge < -0.3 is 0 Å². The zero-order chi connectivity index (χ0) is 19.8. The zero-order valence-electron chi connectivity index (χ0n) is 16.3. The fourth-order valence-electron chi connectivity index (χ4n) is 5.05. The van der Waals surface area contributed by atoms with E-state index in [0.29, 0.717) is 13.1 Å². The number of hydrogen-bond acceptors (Lipinski definition) is 3. The predicted octanol–water partition coefficient (Wildman–Crippen LogP) is 3.62. The highest BCUT2D eigenvalue weighted by Crippen LogP contribution is 2.42. The highest BCUT2D eigenvalue weighted by atomic mass is 32.2. The molecule has 29 heavy (non-hydrogen) atoms. The predicted molar refractivity (Wildman–Crippen MR) is 113 cm³/mol. The van der Waals surface area contributed by atoms with Crippen LogP contribution in [0.4, 0.5) is 0 Å². The minimum atomic E-state index is -3.57. The van der Waals surface area contributed by atoms with Gasteiger partial charge in [-0.15, -0.1) is 0 Å². The maximum Gasteiger partial charge on any atom is 0.308 e. The summed E-state index contributed by atoms with van der Waals surface area (Å²) in [5, 5.41) is 0. The normalized spacial score (nSPS) is 20.6. The molecular weight excluding hydrogens is 382 g/mol. The van der Waals surface area contributed by atoms with Crippen molar-refractivity contribution >= 4 is 10.2 Å². The number of fused-ring (bicyclic) bond motifs is 2. The SMILES string of the molecule is O=S(=O)(N1CCCC(C2c3ccccc3CCc3ccccc32)C1)n1ccnc1. The van der Waals surface area contributed by atoms with Crippen LogP contribution in [0.2, 0.25) is 0 Å². The Hall–Kier alpha value is -2.44. The molecule has 1 unspecified atom stereocenters. The summed E-state index contributed by atoms with van der Waals surface area (Å²) in [4.78, 5) is 3.92. The van der Waals surface area contributed by atoms with Gasteiger partial charge in [-0.1, -0.05) is 48.5 Å². The molecule has 0 spiro atoms. The van der Waals surface area contributed by atoms with Crippen LogP contribution in [0.5, 0.6) is 0 Å². The van der Waals surface area contributed by atoms with Crippen molar-refractivity contribution in [1.82, 2.24) is 13.3 Å². The molecule has 5 rings (SSSR count). The second kappa shape index (κ2) is 7.43. The standard InChI is InChI=1S/C23H25N3O2S/c27-29(28,26-15-13-24-17-26)25-14-5-8-20(16-25)23-21-9-3-1-6-18(21)11-12-19-7-2-4-10-22(19)23/h1-4,6-7,9-10,13,15,17,20,23H,5,8,11-12,14,16H2. The lowest BCUT2D eigenvalue weighted by Crippen LogP contribution is -2.44. The number of imidazole rings is 1. The fourth-order valence-corrected chi connectivity index (χ4v) is 6.44. The number of aryl methyl sites for hydroxylation is 2. The summed E-state index contributed by atoms with van der Waals surface area (Å²) in [6, 6.07) is 17.4. The third kappa shape index (κ3) is 3.30. The van der Waals surface area contributed by atoms with E-state index in [1.807, 2.05) is 0 Å². The molecule has 150 valence electrons. The van der Waals surface area contributed by atoms with Crippen LogP contribution in [-0.4, -0.2) is 34.8 Å². The summed E-state index contributed by atoms with van der Waals surface area (Å²) in [7, 11) is -3.57. The fraction of sp³-hybridized carbons (Fsp3) is 0.348. The molecule has 1 aromatic heterocycles. The van der Waals surface area contributed by atoms with Crippen molar-refractivity contribution in [3.63, 3.8) is 0 Å². The average Bonchev–Trinajstić information content (AvgIpc) is 3.25. The van der Waals surface area contributed by atoms with Crippen LogP contribution < -0.4 is 0 Å². The molecule has 1 saturated heterocycles. The molecule has 0 bridgehead atoms. The van der Waals surface area contributed by atoms with Crippen molar-refractivity contribution in [2.75, 3.05) is 13.1 Å². The summed E-state index contributed by atoms with van der Waals surface area (Å²) in [5.41, 5.74) is 5.51. The Morgan fingerprint density at radius 3 is 2.21 bits per heavy atom. The quantitative estimate of drug-likeness (QED) is 0.666. The summed E-state index contributed by atoms with van der Waals surface area (Å²) in [5.74, 6) is 0.480. The van der Waals surface area contributed by atoms with Crippen molar-refractivity contribution in [1.29, 1.82) is 0 Å². The topological polar surface area (TPSA) is 55.2 Å². The van der Waals surface area contributed by atoms with E-state index in [-0.39, 0.29) is 11.8 Å². The van der Waals surface area contributed by atoms with Crippen molar-refractivity contribution in [2.45, 2.75) is 31.6 Å². The molecule has 0 saturated carbocycles. The van der Waals surface area contributed by atoms with Crippen molar-refractivity contribution in [3.8, 4) is 0 Å². The number of benzene rings is 2. The lowest BCUT2D eigenvalue weighted by molar-refractivity contribution is 0.247. The number of nitrogens with zero attached hydrogens (tertiary/aromatic N) is 3. The van der Waals surface area contributed by atoms with Crippen LogP contribution in [0.25, 0.3) is 0 Å². The number of rotatable bonds is 3. The molecule has 0 amide bonds. The van der Waals surface area contributed by atoms with Crippen LogP contribution in [-0.2, 0) is 23.1 Å². The van der Waals surface area contributed by atoms with Gasteiger partial charge in [0.15, 0.2) is 0 Å². The first-order chi connectivity index (χ1) is 14.1. The van der Waals surface area contributed by atoms with E-state index >= 15 is 0 Å². The number of hydrogen-bond donors (Lipinski definition) is 0. The van der Waals surface area contributed by atoms with E-state index in [1.54, 1.807) is 4.31 Å². The zero-order valence-corrected chi connectivity index (χ0v) is 17.1. The van der Waals surface area contributed by atoms with Crippen molar-refractivity contribution < 1.29 is 8.42 Å². The van der Waals surface area contributed by atoms with Gasteiger partial charge in [0, 0.05) is 31.4 Å². The Balaban J connectivity index is 1.55. The smallest absolute Gasteiger partial charge is 0.244 e. The molecule has 2 aromatic carbocycles. The van der Waals surface area contributed by atoms with E-state index in [0.717, 1.165) is 25.7 Å². The molecule has 0 radical (unpaired) electrons. The van der Waals surface area contributed by atoms with Crippen molar-refractivity contribution in [2.24, 2.45) is 5.92 Å². The van der Waals surface area contributed by atoms with E-state index in [4.69, 9.17) is 0 Å². The highest BCUT2D eigenvalue weighted by Gasteiger charge is 2.37. The first-order valence-corrected chi connectivity index (χ1v) is 11.7. The van der Waals surface area contributed by atoms with Crippen LogP contribution in [0, 0.1) is 5.92 Å². The lowest BCUT2D eigenvalue weighted by atomic mass is 9.76. The van der Waals surface area contributed by atoms with E-state index < -0.39 is 10.2 Å². The molecule has 1 atom stereocenters. The Kier molecular flexibility index (Phi) is 4.76. The van der Waals surface area contributed by atoms with Gasteiger partial charge >= 0.3 is 10.2 Å². The summed E-state index contributed by atoms with van der Waals surface area (Å²) < 4.78 is 29.0. The molecule has 1 aliphatic carbocycles. The summed E-state index contributed by atoms with van der Waals surface area (Å²) in [6.07, 6.45) is 8.37. The van der Waals surface area contributed by atoms with Crippen LogP contribution in [0.3, 0.4) is 0 Å². The van der Waals surface area contributed by atoms with Gasteiger partial charge in [-0.3, -0.25) is 0 Å². The van der Waals surface area contributed by atoms with Crippen molar-refractivity contribution in [3.05, 3.63) is 89.5 Å². The Morgan fingerprint density at radius 1 is 0.931 bits per heavy atom. The van der Waals surface area contributed by atoms with E-state index in [2.05, 4.69) is 53.5 Å². The van der Waals surface area contributed by atoms with Crippen LogP contribution in [0.15, 0.2) is 67.3 Å². The Labute approximate surface area is 172 Å².